The molecule has 0 spiro atoms. The molecule has 0 saturated carbocycles. The van der Waals surface area contributed by atoms with E-state index in [1.807, 2.05) is 0 Å². The number of pyridine rings is 1. The third-order valence-corrected chi connectivity index (χ3v) is 4.50. The van der Waals surface area contributed by atoms with E-state index in [-0.39, 0.29) is 6.42 Å². The van der Waals surface area contributed by atoms with Crippen molar-refractivity contribution >= 4 is 11.6 Å². The van der Waals surface area contributed by atoms with Crippen LogP contribution in [0.4, 0.5) is 13.2 Å². The molecule has 3 aromatic heterocycles. The minimum atomic E-state index is -2.58. The van der Waals surface area contributed by atoms with Gasteiger partial charge in [0.05, 0.1) is 36.4 Å². The van der Waals surface area contributed by atoms with Crippen LogP contribution in [0.1, 0.15) is 5.69 Å². The number of rotatable bonds is 6. The summed E-state index contributed by atoms with van der Waals surface area (Å²) in [5.74, 6) is -0.912. The highest BCUT2D eigenvalue weighted by Crippen LogP contribution is 2.32. The third-order valence-electron chi connectivity index (χ3n) is 4.50. The number of carbonyl (C=O) groups excluding carboxylic acids is 1. The summed E-state index contributed by atoms with van der Waals surface area (Å²) in [6.45, 7) is -0.542. The normalized spacial score (nSPS) is 11.4. The van der Waals surface area contributed by atoms with Crippen LogP contribution in [0.25, 0.3) is 28.2 Å². The molecule has 0 aliphatic heterocycles. The molecule has 1 amide bonds. The summed E-state index contributed by atoms with van der Waals surface area (Å²) in [4.78, 5) is 19.8. The number of carbonyl (C=O) groups is 1. The Kier molecular flexibility index (Phi) is 4.79. The Morgan fingerprint density at radius 3 is 2.48 bits per heavy atom. The van der Waals surface area contributed by atoms with Gasteiger partial charge in [-0.15, -0.1) is 0 Å². The number of aromatic nitrogens is 4. The van der Waals surface area contributed by atoms with Crippen molar-refractivity contribution in [2.24, 2.45) is 5.73 Å². The monoisotopic (exact) mass is 399 g/mol. The third kappa shape index (κ3) is 3.71. The lowest BCUT2D eigenvalue weighted by atomic mass is 10.1. The average molecular weight is 399 g/mol. The standard InChI is InChI=1S/C20H16F3N5O/c21-14-4-1-12(2-5-14)19-20(27(11-26-19)10-16(22)23)13-3-6-18-25-8-15(7-17(24)29)28(18)9-13/h1-6,8-9,11,16H,7,10H2,(H2,24,29). The van der Waals surface area contributed by atoms with Gasteiger partial charge in [0.15, 0.2) is 0 Å². The van der Waals surface area contributed by atoms with Gasteiger partial charge in [-0.1, -0.05) is 0 Å². The Bertz CT molecular complexity index is 1180. The molecule has 3 heterocycles. The summed E-state index contributed by atoms with van der Waals surface area (Å²) in [5.41, 5.74) is 8.56. The highest BCUT2D eigenvalue weighted by atomic mass is 19.3. The van der Waals surface area contributed by atoms with Crippen LogP contribution in [0, 0.1) is 5.82 Å². The van der Waals surface area contributed by atoms with E-state index in [1.54, 1.807) is 41.1 Å². The van der Waals surface area contributed by atoms with Crippen LogP contribution >= 0.6 is 0 Å². The second kappa shape index (κ2) is 7.42. The van der Waals surface area contributed by atoms with Gasteiger partial charge in [-0.25, -0.2) is 23.1 Å². The minimum absolute atomic E-state index is 0.00820. The van der Waals surface area contributed by atoms with Gasteiger partial charge in [-0.2, -0.15) is 0 Å². The lowest BCUT2D eigenvalue weighted by Gasteiger charge is -2.11. The van der Waals surface area contributed by atoms with E-state index in [1.165, 1.54) is 23.0 Å². The fraction of sp³-hybridized carbons (Fsp3) is 0.150. The zero-order chi connectivity index (χ0) is 20.5. The number of hydrogen-bond donors (Lipinski definition) is 1. The molecule has 4 rings (SSSR count). The first-order chi connectivity index (χ1) is 13.9. The number of benzene rings is 1. The fourth-order valence-electron chi connectivity index (χ4n) is 3.27. The number of fused-ring (bicyclic) bond motifs is 1. The molecule has 0 saturated heterocycles. The summed E-state index contributed by atoms with van der Waals surface area (Å²) in [7, 11) is 0. The van der Waals surface area contributed by atoms with Gasteiger partial charge in [0.2, 0.25) is 5.91 Å². The lowest BCUT2D eigenvalue weighted by Crippen LogP contribution is -2.14. The molecule has 0 atom stereocenters. The minimum Gasteiger partial charge on any atom is -0.369 e. The van der Waals surface area contributed by atoms with Crippen molar-refractivity contribution in [3.63, 3.8) is 0 Å². The first kappa shape index (κ1) is 18.7. The summed E-state index contributed by atoms with van der Waals surface area (Å²) in [6.07, 6.45) is 1.99. The fourth-order valence-corrected chi connectivity index (χ4v) is 3.27. The van der Waals surface area contributed by atoms with Crippen molar-refractivity contribution in [3.8, 4) is 22.5 Å². The van der Waals surface area contributed by atoms with Crippen LogP contribution in [0.2, 0.25) is 0 Å². The van der Waals surface area contributed by atoms with E-state index < -0.39 is 24.7 Å². The van der Waals surface area contributed by atoms with E-state index in [2.05, 4.69) is 9.97 Å². The van der Waals surface area contributed by atoms with E-state index in [0.29, 0.717) is 33.9 Å². The van der Waals surface area contributed by atoms with Crippen molar-refractivity contribution in [2.75, 3.05) is 0 Å². The molecular weight excluding hydrogens is 383 g/mol. The van der Waals surface area contributed by atoms with Crippen molar-refractivity contribution in [1.82, 2.24) is 18.9 Å². The highest BCUT2D eigenvalue weighted by molar-refractivity contribution is 5.79. The highest BCUT2D eigenvalue weighted by Gasteiger charge is 2.19. The van der Waals surface area contributed by atoms with E-state index in [9.17, 15) is 18.0 Å². The molecule has 0 unspecified atom stereocenters. The van der Waals surface area contributed by atoms with Crippen LogP contribution < -0.4 is 5.73 Å². The topological polar surface area (TPSA) is 78.2 Å². The summed E-state index contributed by atoms with van der Waals surface area (Å²) in [6, 6.07) is 9.12. The molecule has 6 nitrogen and oxygen atoms in total. The molecule has 9 heteroatoms. The first-order valence-electron chi connectivity index (χ1n) is 8.76. The first-order valence-corrected chi connectivity index (χ1v) is 8.76. The molecule has 2 N–H and O–H groups in total. The molecule has 0 radical (unpaired) electrons. The lowest BCUT2D eigenvalue weighted by molar-refractivity contribution is -0.117. The van der Waals surface area contributed by atoms with Gasteiger partial charge in [0.1, 0.15) is 11.5 Å². The Morgan fingerprint density at radius 2 is 1.79 bits per heavy atom. The maximum atomic E-state index is 13.3. The van der Waals surface area contributed by atoms with Gasteiger partial charge in [0, 0.05) is 23.5 Å². The number of imidazole rings is 2. The molecule has 148 valence electrons. The van der Waals surface area contributed by atoms with Crippen LogP contribution in [0.5, 0.6) is 0 Å². The molecule has 1 aromatic carbocycles. The van der Waals surface area contributed by atoms with Gasteiger partial charge < -0.3 is 14.7 Å². The number of amides is 1. The van der Waals surface area contributed by atoms with Crippen LogP contribution in [-0.4, -0.2) is 31.3 Å². The number of nitrogens with two attached hydrogens (primary N) is 1. The number of alkyl halides is 2. The number of nitrogens with zero attached hydrogens (tertiary/aromatic N) is 4. The van der Waals surface area contributed by atoms with Crippen molar-refractivity contribution in [2.45, 2.75) is 19.4 Å². The molecule has 0 bridgehead atoms. The van der Waals surface area contributed by atoms with Crippen LogP contribution in [-0.2, 0) is 17.8 Å². The SMILES string of the molecule is NC(=O)Cc1cnc2ccc(-c3c(-c4ccc(F)cc4)ncn3CC(F)F)cn12. The second-order valence-corrected chi connectivity index (χ2v) is 6.53. The predicted molar refractivity (Wildman–Crippen MR) is 101 cm³/mol. The number of halogens is 3. The summed E-state index contributed by atoms with van der Waals surface area (Å²) >= 11 is 0. The molecule has 0 fully saturated rings. The van der Waals surface area contributed by atoms with Crippen LogP contribution in [0.3, 0.4) is 0 Å². The van der Waals surface area contributed by atoms with Gasteiger partial charge in [0.25, 0.3) is 6.43 Å². The molecular formula is C20H16F3N5O. The van der Waals surface area contributed by atoms with E-state index >= 15 is 0 Å². The zero-order valence-electron chi connectivity index (χ0n) is 15.1. The maximum Gasteiger partial charge on any atom is 0.256 e. The maximum absolute atomic E-state index is 13.3. The van der Waals surface area contributed by atoms with Crippen molar-refractivity contribution < 1.29 is 18.0 Å². The van der Waals surface area contributed by atoms with Crippen molar-refractivity contribution in [3.05, 3.63) is 66.6 Å². The molecule has 0 aliphatic carbocycles. The smallest absolute Gasteiger partial charge is 0.256 e. The summed E-state index contributed by atoms with van der Waals surface area (Å²) in [5, 5.41) is 0. The predicted octanol–water partition coefficient (Wildman–Crippen LogP) is 3.30. The largest absolute Gasteiger partial charge is 0.369 e. The Morgan fingerprint density at radius 1 is 1.07 bits per heavy atom. The quantitative estimate of drug-likeness (QED) is 0.540. The molecule has 29 heavy (non-hydrogen) atoms. The number of primary amides is 1. The molecule has 0 aliphatic rings. The average Bonchev–Trinajstić information content (AvgIpc) is 3.25. The summed E-state index contributed by atoms with van der Waals surface area (Å²) < 4.78 is 42.6. The van der Waals surface area contributed by atoms with Crippen LogP contribution in [0.15, 0.2) is 55.1 Å². The Hall–Kier alpha value is -3.62. The zero-order valence-corrected chi connectivity index (χ0v) is 15.1. The second-order valence-electron chi connectivity index (χ2n) is 6.53. The number of hydrogen-bond acceptors (Lipinski definition) is 3. The van der Waals surface area contributed by atoms with Gasteiger partial charge >= 0.3 is 0 Å². The Labute approximate surface area is 163 Å². The van der Waals surface area contributed by atoms with E-state index in [0.717, 1.165) is 0 Å². The van der Waals surface area contributed by atoms with E-state index in [4.69, 9.17) is 5.73 Å². The van der Waals surface area contributed by atoms with Gasteiger partial charge in [-0.05, 0) is 36.4 Å². The molecule has 4 aromatic rings. The van der Waals surface area contributed by atoms with Gasteiger partial charge in [-0.3, -0.25) is 4.79 Å². The van der Waals surface area contributed by atoms with Crippen molar-refractivity contribution in [1.29, 1.82) is 0 Å². The Balaban J connectivity index is 1.89.